The van der Waals surface area contributed by atoms with Crippen LogP contribution >= 0.6 is 74.5 Å². The molecule has 5 heteroatoms. The number of benzene rings is 4. The Balaban J connectivity index is 0.000000286. The Bertz CT molecular complexity index is 983. The van der Waals surface area contributed by atoms with Gasteiger partial charge in [0.05, 0.1) is 0 Å². The molecule has 4 aliphatic rings. The van der Waals surface area contributed by atoms with Crippen molar-refractivity contribution in [2.24, 2.45) is 0 Å². The van der Waals surface area contributed by atoms with Gasteiger partial charge in [0.1, 0.15) is 0 Å². The van der Waals surface area contributed by atoms with Crippen LogP contribution in [0, 0.1) is 13.8 Å². The largest absolute Gasteiger partial charge is 0.0588 e. The Morgan fingerprint density at radius 2 is 0.667 bits per heavy atom. The van der Waals surface area contributed by atoms with E-state index in [1.54, 1.807) is 0 Å². The van der Waals surface area contributed by atoms with Gasteiger partial charge in [0.2, 0.25) is 0 Å². The van der Waals surface area contributed by atoms with Crippen LogP contribution in [-0.2, 0) is 38.5 Å². The predicted octanol–water partition coefficient (Wildman–Crippen LogP) is 9.23. The first-order chi connectivity index (χ1) is 19.0. The first-order valence-corrected chi connectivity index (χ1v) is 32.1. The average molecular weight is 1080 g/mol. The molecule has 0 N–H and O–H groups in total. The molecule has 4 bridgehead atoms. The quantitative estimate of drug-likeness (QED) is 0.176. The minimum absolute atomic E-state index is 0.530. The Labute approximate surface area is 291 Å². The van der Waals surface area contributed by atoms with Crippen molar-refractivity contribution in [2.45, 2.75) is 66.2 Å². The summed E-state index contributed by atoms with van der Waals surface area (Å²) in [7, 11) is 0. The third kappa shape index (κ3) is 17.3. The Hall–Kier alpha value is 0.530. The zero-order valence-electron chi connectivity index (χ0n) is 23.4. The van der Waals surface area contributed by atoms with Crippen LogP contribution in [0.2, 0.25) is 0 Å². The third-order valence-electron chi connectivity index (χ3n) is 6.51. The number of aryl methyl sites for hydroxylation is 8. The van der Waals surface area contributed by atoms with Gasteiger partial charge >= 0.3 is 50.5 Å². The molecule has 0 saturated carbocycles. The van der Waals surface area contributed by atoms with Crippen molar-refractivity contribution in [2.75, 3.05) is 0 Å². The second kappa shape index (κ2) is 24.0. The van der Waals surface area contributed by atoms with Crippen molar-refractivity contribution in [1.29, 1.82) is 0 Å². The fraction of sp³-hybridized carbons (Fsp3) is 0.294. The van der Waals surface area contributed by atoms with Crippen molar-refractivity contribution in [3.8, 4) is 0 Å². The fourth-order valence-electron chi connectivity index (χ4n) is 3.97. The summed E-state index contributed by atoms with van der Waals surface area (Å²) >= 11 is 9.54. The summed E-state index contributed by atoms with van der Waals surface area (Å²) in [6, 6.07) is 35.6. The van der Waals surface area contributed by atoms with Crippen LogP contribution in [0.5, 0.6) is 0 Å². The van der Waals surface area contributed by atoms with Crippen molar-refractivity contribution >= 4 is 74.5 Å². The predicted molar refractivity (Wildman–Crippen MR) is 205 cm³/mol. The van der Waals surface area contributed by atoms with Crippen LogP contribution in [0.1, 0.15) is 58.4 Å². The van der Waals surface area contributed by atoms with Crippen molar-refractivity contribution in [3.63, 3.8) is 0 Å². The molecule has 0 aromatic heterocycles. The maximum Gasteiger partial charge on any atom is -0.0238 e. The molecule has 4 aliphatic carbocycles. The minimum Gasteiger partial charge on any atom is -0.0588 e. The summed E-state index contributed by atoms with van der Waals surface area (Å²) in [6.45, 7) is 8.56. The molecule has 0 saturated heterocycles. The molecule has 212 valence electrons. The zero-order valence-corrected chi connectivity index (χ0v) is 34.2. The van der Waals surface area contributed by atoms with E-state index in [1.165, 1.54) is 44.5 Å². The van der Waals surface area contributed by atoms with Gasteiger partial charge in [-0.1, -0.05) is 122 Å². The van der Waals surface area contributed by atoms with Gasteiger partial charge in [-0.25, -0.2) is 0 Å². The van der Waals surface area contributed by atoms with Crippen LogP contribution in [0.25, 0.3) is 0 Å². The van der Waals surface area contributed by atoms with Gasteiger partial charge in [-0.05, 0) is 85.8 Å². The van der Waals surface area contributed by atoms with Crippen LogP contribution in [0.3, 0.4) is 0 Å². The molecular formula is C34H40I5-. The number of hydrogen-bond acceptors (Lipinski definition) is 0. The van der Waals surface area contributed by atoms with Gasteiger partial charge in [0.15, 0.2) is 0 Å². The molecule has 0 amide bonds. The van der Waals surface area contributed by atoms with Crippen molar-refractivity contribution in [3.05, 3.63) is 142 Å². The second-order valence-electron chi connectivity index (χ2n) is 9.37. The van der Waals surface area contributed by atoms with Crippen molar-refractivity contribution < 1.29 is 13.3 Å². The van der Waals surface area contributed by atoms with E-state index < -0.39 is 0 Å². The molecule has 4 aromatic rings. The topological polar surface area (TPSA) is 0 Å². The zero-order chi connectivity index (χ0) is 28.9. The number of hydrogen-bond donors (Lipinski definition) is 0. The maximum atomic E-state index is 2.39. The van der Waals surface area contributed by atoms with E-state index in [0.29, 0.717) is 13.3 Å². The van der Waals surface area contributed by atoms with E-state index >= 15 is 0 Å². The fourth-order valence-corrected chi connectivity index (χ4v) is 3.97. The summed E-state index contributed by atoms with van der Waals surface area (Å²) in [4.78, 5) is 0. The molecule has 4 aromatic carbocycles. The molecule has 0 fully saturated rings. The summed E-state index contributed by atoms with van der Waals surface area (Å²) in [6.07, 6.45) is 6.90. The van der Waals surface area contributed by atoms with E-state index in [4.69, 9.17) is 0 Å². The maximum absolute atomic E-state index is 2.39. The summed E-state index contributed by atoms with van der Waals surface area (Å²) in [5, 5.41) is 0. The van der Waals surface area contributed by atoms with Gasteiger partial charge in [-0.3, -0.25) is 0 Å². The first kappa shape index (κ1) is 37.6. The van der Waals surface area contributed by atoms with Crippen LogP contribution in [0.4, 0.5) is 0 Å². The molecule has 8 rings (SSSR count). The molecule has 0 heterocycles. The Morgan fingerprint density at radius 1 is 0.462 bits per heavy atom. The monoisotopic (exact) mass is 1080 g/mol. The SMILES string of the molecule is CCc1ccc(CC)cc1.Cc1ccc(C)cc1.II.I[I-]I.c1cc2ccc1CCc1ccc(cc1)CC2. The number of halogens is 5. The molecule has 0 atom stereocenters. The smallest absolute Gasteiger partial charge is 0.0238 e. The van der Waals surface area contributed by atoms with Gasteiger partial charge in [-0.15, -0.1) is 0 Å². The van der Waals surface area contributed by atoms with E-state index in [9.17, 15) is 0 Å². The van der Waals surface area contributed by atoms with Crippen LogP contribution < -0.4 is 13.3 Å². The minimum atomic E-state index is 0.530. The summed E-state index contributed by atoms with van der Waals surface area (Å²) < 4.78 is 0. The van der Waals surface area contributed by atoms with E-state index in [1.807, 2.05) is 0 Å². The summed E-state index contributed by atoms with van der Waals surface area (Å²) in [5.41, 5.74) is 11.3. The van der Waals surface area contributed by atoms with Gasteiger partial charge in [0, 0.05) is 37.2 Å². The molecule has 39 heavy (non-hydrogen) atoms. The van der Waals surface area contributed by atoms with Crippen LogP contribution in [0.15, 0.2) is 97.1 Å². The molecule has 0 spiro atoms. The van der Waals surface area contributed by atoms with Crippen LogP contribution in [-0.4, -0.2) is 0 Å². The average Bonchev–Trinajstić information content (AvgIpc) is 2.98. The van der Waals surface area contributed by atoms with E-state index in [0.717, 1.165) is 38.5 Å². The molecule has 0 unspecified atom stereocenters. The Kier molecular flexibility index (Phi) is 23.1. The van der Waals surface area contributed by atoms with Gasteiger partial charge < -0.3 is 0 Å². The first-order valence-electron chi connectivity index (χ1n) is 13.2. The molecule has 0 radical (unpaired) electrons. The number of rotatable bonds is 2. The van der Waals surface area contributed by atoms with Gasteiger partial charge in [-0.2, -0.15) is 0 Å². The van der Waals surface area contributed by atoms with E-state index in [2.05, 4.69) is 199 Å². The molecule has 0 nitrogen and oxygen atoms in total. The van der Waals surface area contributed by atoms with Crippen molar-refractivity contribution in [1.82, 2.24) is 0 Å². The molecule has 0 aliphatic heterocycles. The second-order valence-corrected chi connectivity index (χ2v) is 25.6. The van der Waals surface area contributed by atoms with Gasteiger partial charge in [0.25, 0.3) is 0 Å². The standard InChI is InChI=1S/C16H16.C10H14.C8H10.I3.I2/c1-2-14-4-3-13(1)9-10-15-5-7-16(8-6-15)12-11-14;1-3-9-5-7-10(4-2)8-6-9;1-7-3-5-8(2)6-4-7;1-3-2;1-2/h1-8H,9-12H2;5-8H,3-4H2,1-2H3;3-6H,1-2H3;;/q;;;-1;. The molecular weight excluding hydrogens is 1040 g/mol. The third-order valence-corrected chi connectivity index (χ3v) is 6.51. The van der Waals surface area contributed by atoms with E-state index in [-0.39, 0.29) is 0 Å². The summed E-state index contributed by atoms with van der Waals surface area (Å²) in [5.74, 6) is 0. The normalized spacial score (nSPS) is 11.1. The Morgan fingerprint density at radius 3 is 0.846 bits per heavy atom.